The van der Waals surface area contributed by atoms with Gasteiger partial charge in [-0.1, -0.05) is 19.9 Å². The fraction of sp³-hybridized carbons (Fsp3) is 0.526. The van der Waals surface area contributed by atoms with E-state index in [-0.39, 0.29) is 23.4 Å². The molecule has 1 fully saturated rings. The van der Waals surface area contributed by atoms with Crippen LogP contribution in [0.4, 0.5) is 0 Å². The summed E-state index contributed by atoms with van der Waals surface area (Å²) in [6, 6.07) is 5.50. The molecule has 3 rings (SSSR count). The Kier molecular flexibility index (Phi) is 5.44. The Labute approximate surface area is 152 Å². The Balaban J connectivity index is 1.57. The first-order chi connectivity index (χ1) is 12.5. The van der Waals surface area contributed by atoms with E-state index in [0.717, 1.165) is 23.9 Å². The molecule has 0 radical (unpaired) electrons. The number of piperazine rings is 1. The van der Waals surface area contributed by atoms with Gasteiger partial charge in [0.2, 0.25) is 11.8 Å². The molecule has 1 aromatic carbocycles. The predicted octanol–water partition coefficient (Wildman–Crippen LogP) is 1.51. The maximum Gasteiger partial charge on any atom is 0.323 e. The zero-order chi connectivity index (χ0) is 18.7. The van der Waals surface area contributed by atoms with Gasteiger partial charge in [-0.25, -0.2) is 4.79 Å². The molecule has 0 spiro atoms. The van der Waals surface area contributed by atoms with Crippen LogP contribution in [0.25, 0.3) is 11.0 Å². The first-order valence-electron chi connectivity index (χ1n) is 9.29. The lowest BCUT2D eigenvalue weighted by Crippen LogP contribution is -2.52. The van der Waals surface area contributed by atoms with Crippen molar-refractivity contribution in [2.24, 2.45) is 5.92 Å². The van der Waals surface area contributed by atoms with E-state index in [9.17, 15) is 14.4 Å². The third-order valence-electron chi connectivity index (χ3n) is 5.21. The Bertz CT molecular complexity index is 842. The molecule has 1 aromatic heterocycles. The summed E-state index contributed by atoms with van der Waals surface area (Å²) in [5, 5.41) is 0. The zero-order valence-electron chi connectivity index (χ0n) is 15.4. The number of H-pyrrole nitrogens is 2. The zero-order valence-corrected chi connectivity index (χ0v) is 15.4. The molecule has 0 bridgehead atoms. The maximum atomic E-state index is 12.6. The number of hydrogen-bond acceptors (Lipinski definition) is 3. The van der Waals surface area contributed by atoms with Gasteiger partial charge in [0.05, 0.1) is 17.5 Å². The largest absolute Gasteiger partial charge is 0.339 e. The van der Waals surface area contributed by atoms with E-state index >= 15 is 0 Å². The summed E-state index contributed by atoms with van der Waals surface area (Å²) in [6.45, 7) is 6.44. The van der Waals surface area contributed by atoms with Gasteiger partial charge in [-0.2, -0.15) is 0 Å². The normalized spacial score (nSPS) is 15.0. The molecule has 1 aliphatic heterocycles. The monoisotopic (exact) mass is 358 g/mol. The van der Waals surface area contributed by atoms with E-state index in [2.05, 4.69) is 9.97 Å². The van der Waals surface area contributed by atoms with Gasteiger partial charge >= 0.3 is 5.69 Å². The number of imidazole rings is 1. The van der Waals surface area contributed by atoms with Gasteiger partial charge in [-0.15, -0.1) is 0 Å². The fourth-order valence-corrected chi connectivity index (χ4v) is 3.55. The summed E-state index contributed by atoms with van der Waals surface area (Å²) in [7, 11) is 0. The predicted molar refractivity (Wildman–Crippen MR) is 99.9 cm³/mol. The summed E-state index contributed by atoms with van der Waals surface area (Å²) < 4.78 is 0. The second-order valence-electron chi connectivity index (χ2n) is 6.86. The van der Waals surface area contributed by atoms with Crippen LogP contribution in [0.15, 0.2) is 23.0 Å². The maximum absolute atomic E-state index is 12.6. The van der Waals surface area contributed by atoms with E-state index in [1.165, 1.54) is 0 Å². The van der Waals surface area contributed by atoms with Crippen molar-refractivity contribution in [2.45, 2.75) is 33.1 Å². The van der Waals surface area contributed by atoms with Crippen LogP contribution < -0.4 is 5.69 Å². The van der Waals surface area contributed by atoms with Crippen molar-refractivity contribution in [1.29, 1.82) is 0 Å². The van der Waals surface area contributed by atoms with Gasteiger partial charge in [0.25, 0.3) is 0 Å². The van der Waals surface area contributed by atoms with Gasteiger partial charge < -0.3 is 19.8 Å². The summed E-state index contributed by atoms with van der Waals surface area (Å²) >= 11 is 0. The lowest BCUT2D eigenvalue weighted by Gasteiger charge is -2.36. The van der Waals surface area contributed by atoms with Crippen molar-refractivity contribution in [2.75, 3.05) is 26.2 Å². The van der Waals surface area contributed by atoms with Gasteiger partial charge in [0, 0.05) is 32.1 Å². The minimum absolute atomic E-state index is 0.0527. The molecule has 7 nitrogen and oxygen atoms in total. The number of fused-ring (bicyclic) bond motifs is 1. The van der Waals surface area contributed by atoms with Crippen molar-refractivity contribution in [3.05, 3.63) is 34.2 Å². The number of benzene rings is 1. The molecule has 2 aromatic rings. The van der Waals surface area contributed by atoms with Gasteiger partial charge in [-0.3, -0.25) is 9.59 Å². The molecule has 26 heavy (non-hydrogen) atoms. The Morgan fingerprint density at radius 1 is 1.00 bits per heavy atom. The first-order valence-corrected chi connectivity index (χ1v) is 9.29. The van der Waals surface area contributed by atoms with Crippen molar-refractivity contribution >= 4 is 22.8 Å². The van der Waals surface area contributed by atoms with Crippen LogP contribution >= 0.6 is 0 Å². The highest BCUT2D eigenvalue weighted by Gasteiger charge is 2.27. The molecule has 1 saturated heterocycles. The Morgan fingerprint density at radius 2 is 1.62 bits per heavy atom. The molecule has 2 N–H and O–H groups in total. The number of aromatic nitrogens is 2. The van der Waals surface area contributed by atoms with Crippen molar-refractivity contribution in [1.82, 2.24) is 19.8 Å². The van der Waals surface area contributed by atoms with Crippen molar-refractivity contribution < 1.29 is 9.59 Å². The second kappa shape index (κ2) is 7.76. The van der Waals surface area contributed by atoms with Crippen LogP contribution in [0, 0.1) is 5.92 Å². The SMILES string of the molecule is CCC(CC)C(=O)N1CCN(C(=O)Cc2ccc3[nH]c(=O)[nH]c3c2)CC1. The van der Waals surface area contributed by atoms with Crippen LogP contribution in [0.2, 0.25) is 0 Å². The molecule has 140 valence electrons. The standard InChI is InChI=1S/C19H26N4O3/c1-3-14(4-2)18(25)23-9-7-22(8-10-23)17(24)12-13-5-6-15-16(11-13)21-19(26)20-15/h5-6,11,14H,3-4,7-10,12H2,1-2H3,(H2,20,21,26). The number of hydrogen-bond donors (Lipinski definition) is 2. The molecule has 0 unspecified atom stereocenters. The van der Waals surface area contributed by atoms with Crippen LogP contribution in [-0.4, -0.2) is 57.8 Å². The number of rotatable bonds is 5. The third-order valence-corrected chi connectivity index (χ3v) is 5.21. The summed E-state index contributed by atoms with van der Waals surface area (Å²) in [6.07, 6.45) is 2.01. The molecule has 2 amide bonds. The number of carbonyl (C=O) groups is 2. The van der Waals surface area contributed by atoms with E-state index < -0.39 is 0 Å². The topological polar surface area (TPSA) is 89.3 Å². The van der Waals surface area contributed by atoms with Crippen molar-refractivity contribution in [3.63, 3.8) is 0 Å². The van der Waals surface area contributed by atoms with Crippen LogP contribution in [0.1, 0.15) is 32.3 Å². The van der Waals surface area contributed by atoms with E-state index in [1.54, 1.807) is 0 Å². The minimum Gasteiger partial charge on any atom is -0.339 e. The lowest BCUT2D eigenvalue weighted by atomic mass is 10.0. The summed E-state index contributed by atoms with van der Waals surface area (Å²) in [4.78, 5) is 45.5. The number of nitrogens with one attached hydrogen (secondary N) is 2. The molecule has 0 saturated carbocycles. The quantitative estimate of drug-likeness (QED) is 0.849. The number of carbonyl (C=O) groups excluding carboxylic acids is 2. The van der Waals surface area contributed by atoms with Crippen LogP contribution in [0.3, 0.4) is 0 Å². The summed E-state index contributed by atoms with van der Waals surface area (Å²) in [5.41, 5.74) is 2.07. The average molecular weight is 358 g/mol. The third kappa shape index (κ3) is 3.81. The minimum atomic E-state index is -0.248. The molecule has 2 heterocycles. The second-order valence-corrected chi connectivity index (χ2v) is 6.86. The highest BCUT2D eigenvalue weighted by molar-refractivity contribution is 5.82. The van der Waals surface area contributed by atoms with Gasteiger partial charge in [0.1, 0.15) is 0 Å². The number of amides is 2. The molecular formula is C19H26N4O3. The fourth-order valence-electron chi connectivity index (χ4n) is 3.55. The average Bonchev–Trinajstić information content (AvgIpc) is 3.02. The highest BCUT2D eigenvalue weighted by atomic mass is 16.2. The number of aromatic amines is 2. The van der Waals surface area contributed by atoms with Crippen molar-refractivity contribution in [3.8, 4) is 0 Å². The van der Waals surface area contributed by atoms with E-state index in [4.69, 9.17) is 0 Å². The smallest absolute Gasteiger partial charge is 0.323 e. The number of nitrogens with zero attached hydrogens (tertiary/aromatic N) is 2. The molecule has 0 aliphatic carbocycles. The Hall–Kier alpha value is -2.57. The van der Waals surface area contributed by atoms with E-state index in [0.29, 0.717) is 38.1 Å². The molecule has 0 atom stereocenters. The highest BCUT2D eigenvalue weighted by Crippen LogP contribution is 2.15. The molecular weight excluding hydrogens is 332 g/mol. The lowest BCUT2D eigenvalue weighted by molar-refractivity contribution is -0.142. The first kappa shape index (κ1) is 18.2. The van der Waals surface area contributed by atoms with Gasteiger partial charge in [0.15, 0.2) is 0 Å². The van der Waals surface area contributed by atoms with Crippen LogP contribution in [-0.2, 0) is 16.0 Å². The molecule has 7 heteroatoms. The van der Waals surface area contributed by atoms with Crippen LogP contribution in [0.5, 0.6) is 0 Å². The molecule has 1 aliphatic rings. The Morgan fingerprint density at radius 3 is 2.27 bits per heavy atom. The van der Waals surface area contributed by atoms with Gasteiger partial charge in [-0.05, 0) is 30.5 Å². The summed E-state index contributed by atoms with van der Waals surface area (Å²) in [5.74, 6) is 0.355. The van der Waals surface area contributed by atoms with E-state index in [1.807, 2.05) is 41.8 Å².